The normalized spacial score (nSPS) is 27.7. The van der Waals surface area contributed by atoms with Crippen molar-refractivity contribution in [2.45, 2.75) is 38.8 Å². The molecule has 1 aliphatic heterocycles. The van der Waals surface area contributed by atoms with E-state index in [4.69, 9.17) is 0 Å². The molecule has 1 aromatic rings. The van der Waals surface area contributed by atoms with Crippen LogP contribution in [0.4, 0.5) is 0 Å². The molecule has 20 heavy (non-hydrogen) atoms. The largest absolute Gasteiger partial charge is 0.352 e. The average Bonchev–Trinajstić information content (AvgIpc) is 3.13. The molecule has 1 heterocycles. The minimum absolute atomic E-state index is 0.0316. The van der Waals surface area contributed by atoms with Crippen molar-refractivity contribution in [2.24, 2.45) is 11.8 Å². The topological polar surface area (TPSA) is 32.3 Å². The van der Waals surface area contributed by atoms with E-state index in [1.54, 1.807) is 0 Å². The van der Waals surface area contributed by atoms with Crippen molar-refractivity contribution in [3.05, 3.63) is 35.9 Å². The molecule has 0 bridgehead atoms. The van der Waals surface area contributed by atoms with Gasteiger partial charge in [-0.15, -0.1) is 0 Å². The molecule has 0 radical (unpaired) electrons. The zero-order valence-corrected chi connectivity index (χ0v) is 12.4. The summed E-state index contributed by atoms with van der Waals surface area (Å²) in [5.41, 5.74) is 1.37. The first-order valence-electron chi connectivity index (χ1n) is 7.72. The molecule has 0 aromatic heterocycles. The SMILES string of the molecule is CC1CN(C(C)C(=O)NC2CC2Cc2ccccc2)C1. The summed E-state index contributed by atoms with van der Waals surface area (Å²) in [4.78, 5) is 14.4. The molecule has 2 aliphatic rings. The summed E-state index contributed by atoms with van der Waals surface area (Å²) in [6.07, 6.45) is 2.21. The second-order valence-electron chi connectivity index (χ2n) is 6.54. The summed E-state index contributed by atoms with van der Waals surface area (Å²) in [6.45, 7) is 6.38. The summed E-state index contributed by atoms with van der Waals surface area (Å²) in [7, 11) is 0. The van der Waals surface area contributed by atoms with Gasteiger partial charge < -0.3 is 5.32 Å². The second kappa shape index (κ2) is 5.57. The van der Waals surface area contributed by atoms with Gasteiger partial charge in [0, 0.05) is 19.1 Å². The molecular formula is C17H24N2O. The Bertz CT molecular complexity index is 467. The lowest BCUT2D eigenvalue weighted by Crippen LogP contribution is -2.55. The average molecular weight is 272 g/mol. The van der Waals surface area contributed by atoms with E-state index in [2.05, 4.69) is 41.4 Å². The van der Waals surface area contributed by atoms with Gasteiger partial charge in [0.25, 0.3) is 0 Å². The molecule has 3 heteroatoms. The van der Waals surface area contributed by atoms with Crippen LogP contribution in [-0.2, 0) is 11.2 Å². The van der Waals surface area contributed by atoms with Crippen LogP contribution < -0.4 is 5.32 Å². The minimum Gasteiger partial charge on any atom is -0.352 e. The minimum atomic E-state index is 0.0316. The third kappa shape index (κ3) is 3.04. The molecule has 3 unspecified atom stereocenters. The number of benzene rings is 1. The maximum absolute atomic E-state index is 12.2. The highest BCUT2D eigenvalue weighted by Gasteiger charge is 2.40. The lowest BCUT2D eigenvalue weighted by atomic mass is 10.0. The molecule has 2 fully saturated rings. The summed E-state index contributed by atoms with van der Waals surface area (Å²) >= 11 is 0. The molecule has 0 spiro atoms. The highest BCUT2D eigenvalue weighted by Crippen LogP contribution is 2.34. The number of rotatable bonds is 5. The van der Waals surface area contributed by atoms with E-state index in [1.807, 2.05) is 13.0 Å². The first kappa shape index (κ1) is 13.6. The zero-order chi connectivity index (χ0) is 14.1. The predicted octanol–water partition coefficient (Wildman–Crippen LogP) is 2.07. The monoisotopic (exact) mass is 272 g/mol. The highest BCUT2D eigenvalue weighted by atomic mass is 16.2. The number of carbonyl (C=O) groups excluding carboxylic acids is 1. The van der Waals surface area contributed by atoms with Crippen molar-refractivity contribution in [3.8, 4) is 0 Å². The predicted molar refractivity (Wildman–Crippen MR) is 80.4 cm³/mol. The van der Waals surface area contributed by atoms with Gasteiger partial charge in [0.1, 0.15) is 0 Å². The number of nitrogens with zero attached hydrogens (tertiary/aromatic N) is 1. The summed E-state index contributed by atoms with van der Waals surface area (Å²) in [5.74, 6) is 1.58. The summed E-state index contributed by atoms with van der Waals surface area (Å²) in [6, 6.07) is 11.0. The Kier molecular flexibility index (Phi) is 3.79. The van der Waals surface area contributed by atoms with Crippen molar-refractivity contribution in [1.82, 2.24) is 10.2 Å². The molecule has 1 saturated carbocycles. The third-order valence-electron chi connectivity index (χ3n) is 4.61. The van der Waals surface area contributed by atoms with E-state index in [-0.39, 0.29) is 11.9 Å². The fraction of sp³-hybridized carbons (Fsp3) is 0.588. The quantitative estimate of drug-likeness (QED) is 0.890. The smallest absolute Gasteiger partial charge is 0.237 e. The molecular weight excluding hydrogens is 248 g/mol. The first-order chi connectivity index (χ1) is 9.63. The van der Waals surface area contributed by atoms with Gasteiger partial charge in [-0.05, 0) is 37.2 Å². The van der Waals surface area contributed by atoms with Crippen LogP contribution in [-0.4, -0.2) is 36.0 Å². The third-order valence-corrected chi connectivity index (χ3v) is 4.61. The lowest BCUT2D eigenvalue weighted by molar-refractivity contribution is -0.128. The van der Waals surface area contributed by atoms with Crippen molar-refractivity contribution in [3.63, 3.8) is 0 Å². The summed E-state index contributed by atoms with van der Waals surface area (Å²) in [5, 5.41) is 3.21. The van der Waals surface area contributed by atoms with E-state index in [9.17, 15) is 4.79 Å². The van der Waals surface area contributed by atoms with Gasteiger partial charge in [0.2, 0.25) is 5.91 Å². The number of hydrogen-bond donors (Lipinski definition) is 1. The Balaban J connectivity index is 1.42. The Morgan fingerprint density at radius 1 is 1.35 bits per heavy atom. The van der Waals surface area contributed by atoms with Crippen LogP contribution in [0.25, 0.3) is 0 Å². The Morgan fingerprint density at radius 3 is 2.70 bits per heavy atom. The van der Waals surface area contributed by atoms with Gasteiger partial charge in [-0.2, -0.15) is 0 Å². The number of hydrogen-bond acceptors (Lipinski definition) is 2. The zero-order valence-electron chi connectivity index (χ0n) is 12.4. The second-order valence-corrected chi connectivity index (χ2v) is 6.54. The van der Waals surface area contributed by atoms with E-state index in [0.717, 1.165) is 31.8 Å². The molecule has 1 amide bonds. The molecule has 3 rings (SSSR count). The Labute approximate surface area is 121 Å². The van der Waals surface area contributed by atoms with Crippen LogP contribution in [0.5, 0.6) is 0 Å². The first-order valence-corrected chi connectivity index (χ1v) is 7.72. The number of carbonyl (C=O) groups is 1. The summed E-state index contributed by atoms with van der Waals surface area (Å²) < 4.78 is 0. The van der Waals surface area contributed by atoms with E-state index in [0.29, 0.717) is 12.0 Å². The fourth-order valence-electron chi connectivity index (χ4n) is 3.10. The molecule has 1 aromatic carbocycles. The molecule has 1 aliphatic carbocycles. The van der Waals surface area contributed by atoms with Gasteiger partial charge in [-0.25, -0.2) is 0 Å². The van der Waals surface area contributed by atoms with Crippen LogP contribution in [0.3, 0.4) is 0 Å². The van der Waals surface area contributed by atoms with Gasteiger partial charge in [-0.3, -0.25) is 9.69 Å². The molecule has 1 saturated heterocycles. The highest BCUT2D eigenvalue weighted by molar-refractivity contribution is 5.82. The van der Waals surface area contributed by atoms with Crippen molar-refractivity contribution < 1.29 is 4.79 Å². The van der Waals surface area contributed by atoms with Crippen LogP contribution in [0.1, 0.15) is 25.8 Å². The fourth-order valence-corrected chi connectivity index (χ4v) is 3.10. The van der Waals surface area contributed by atoms with Crippen molar-refractivity contribution in [1.29, 1.82) is 0 Å². The maximum Gasteiger partial charge on any atom is 0.237 e. The number of amides is 1. The lowest BCUT2D eigenvalue weighted by Gasteiger charge is -2.40. The van der Waals surface area contributed by atoms with Crippen LogP contribution in [0, 0.1) is 11.8 Å². The van der Waals surface area contributed by atoms with Crippen molar-refractivity contribution >= 4 is 5.91 Å². The van der Waals surface area contributed by atoms with Crippen molar-refractivity contribution in [2.75, 3.05) is 13.1 Å². The maximum atomic E-state index is 12.2. The van der Waals surface area contributed by atoms with E-state index >= 15 is 0 Å². The number of nitrogens with one attached hydrogen (secondary N) is 1. The molecule has 3 atom stereocenters. The van der Waals surface area contributed by atoms with Crippen LogP contribution in [0.2, 0.25) is 0 Å². The van der Waals surface area contributed by atoms with Gasteiger partial charge in [-0.1, -0.05) is 37.3 Å². The Morgan fingerprint density at radius 2 is 2.05 bits per heavy atom. The van der Waals surface area contributed by atoms with Crippen LogP contribution in [0.15, 0.2) is 30.3 Å². The van der Waals surface area contributed by atoms with Gasteiger partial charge >= 0.3 is 0 Å². The van der Waals surface area contributed by atoms with Gasteiger partial charge in [0.05, 0.1) is 6.04 Å². The van der Waals surface area contributed by atoms with Crippen LogP contribution >= 0.6 is 0 Å². The Hall–Kier alpha value is -1.35. The standard InChI is InChI=1S/C17H24N2O/c1-12-10-19(11-12)13(2)17(20)18-16-9-15(16)8-14-6-4-3-5-7-14/h3-7,12-13,15-16H,8-11H2,1-2H3,(H,18,20). The molecule has 3 nitrogen and oxygen atoms in total. The van der Waals surface area contributed by atoms with E-state index < -0.39 is 0 Å². The number of likely N-dealkylation sites (tertiary alicyclic amines) is 1. The molecule has 1 N–H and O–H groups in total. The molecule has 108 valence electrons. The van der Waals surface area contributed by atoms with E-state index in [1.165, 1.54) is 5.56 Å². The van der Waals surface area contributed by atoms with Gasteiger partial charge in [0.15, 0.2) is 0 Å².